The van der Waals surface area contributed by atoms with Crippen molar-refractivity contribution in [2.75, 3.05) is 19.8 Å². The molecule has 0 saturated carbocycles. The number of carbonyl (C=O) groups excluding carboxylic acids is 1. The van der Waals surface area contributed by atoms with Gasteiger partial charge in [0.2, 0.25) is 0 Å². The largest absolute Gasteiger partial charge is 0.497 e. The monoisotopic (exact) mass is 394 g/mol. The van der Waals surface area contributed by atoms with E-state index < -0.39 is 29.2 Å². The summed E-state index contributed by atoms with van der Waals surface area (Å²) in [6.45, 7) is -1.04. The molecule has 1 unspecified atom stereocenters. The number of ether oxygens (including phenoxy) is 1. The number of alkyl halides is 3. The summed E-state index contributed by atoms with van der Waals surface area (Å²) >= 11 is -1.66. The maximum atomic E-state index is 11.7. The van der Waals surface area contributed by atoms with Crippen LogP contribution in [0.4, 0.5) is 13.2 Å². The van der Waals surface area contributed by atoms with Gasteiger partial charge in [0, 0.05) is 21.2 Å². The molecule has 0 aromatic heterocycles. The van der Waals surface area contributed by atoms with Crippen molar-refractivity contribution >= 4 is 47.5 Å². The molecule has 96 valence electrons. The molecule has 0 rings (SSSR count). The number of hydrogen-bond donors (Lipinski definition) is 0. The second kappa shape index (κ2) is 8.49. The van der Waals surface area contributed by atoms with Gasteiger partial charge < -0.3 is 8.92 Å². The number of hydrogen-bond acceptors (Lipinski definition) is 6. The molecule has 0 aliphatic heterocycles. The van der Waals surface area contributed by atoms with Gasteiger partial charge in [0.15, 0.2) is 6.61 Å². The van der Waals surface area contributed by atoms with Crippen molar-refractivity contribution in [1.82, 2.24) is 0 Å². The number of esters is 1. The van der Waals surface area contributed by atoms with Crippen LogP contribution < -0.4 is 0 Å². The van der Waals surface area contributed by atoms with E-state index in [-0.39, 0.29) is 13.2 Å². The first-order chi connectivity index (χ1) is 7.38. The Hall–Kier alpha value is 0.410. The van der Waals surface area contributed by atoms with Gasteiger partial charge in [0.1, 0.15) is 6.61 Å². The minimum Gasteiger partial charge on any atom is -0.461 e. The smallest absolute Gasteiger partial charge is 0.461 e. The average molecular weight is 394 g/mol. The second-order valence-electron chi connectivity index (χ2n) is 2.05. The van der Waals surface area contributed by atoms with Gasteiger partial charge in [-0.1, -0.05) is 0 Å². The lowest BCUT2D eigenvalue weighted by atomic mass is 10.7. The summed E-state index contributed by atoms with van der Waals surface area (Å²) in [4.78, 5) is 10.7. The van der Waals surface area contributed by atoms with Crippen LogP contribution in [-0.4, -0.2) is 35.5 Å². The predicted molar refractivity (Wildman–Crippen MR) is 58.7 cm³/mol. The van der Waals surface area contributed by atoms with Crippen molar-refractivity contribution in [3.8, 4) is 0 Å². The molecule has 1 atom stereocenters. The molecule has 0 spiro atoms. The van der Waals surface area contributed by atoms with Gasteiger partial charge in [-0.2, -0.15) is 13.2 Å². The molecule has 0 aliphatic rings. The summed E-state index contributed by atoms with van der Waals surface area (Å²) < 4.78 is 58.1. The minimum atomic E-state index is -5.00. The van der Waals surface area contributed by atoms with Crippen LogP contribution in [0.1, 0.15) is 0 Å². The molecule has 0 bridgehead atoms. The van der Waals surface area contributed by atoms with E-state index >= 15 is 0 Å². The highest BCUT2D eigenvalue weighted by molar-refractivity contribution is 14.2. The van der Waals surface area contributed by atoms with Crippen LogP contribution in [0.2, 0.25) is 0 Å². The highest BCUT2D eigenvalue weighted by Crippen LogP contribution is 2.20. The highest BCUT2D eigenvalue weighted by atomic mass is 127. The van der Waals surface area contributed by atoms with Gasteiger partial charge in [-0.05, 0) is 0 Å². The van der Waals surface area contributed by atoms with E-state index in [9.17, 15) is 22.2 Å². The molecule has 16 heavy (non-hydrogen) atoms. The second-order valence-corrected chi connectivity index (χ2v) is 4.66. The first-order valence-corrected chi connectivity index (χ1v) is 7.91. The third-order valence-corrected chi connectivity index (χ3v) is 2.68. The van der Waals surface area contributed by atoms with Gasteiger partial charge >= 0.3 is 11.5 Å². The Morgan fingerprint density at radius 1 is 1.38 bits per heavy atom. The molecule has 0 radical (unpaired) electrons. The molecule has 0 N–H and O–H groups in total. The van der Waals surface area contributed by atoms with Gasteiger partial charge in [-0.15, -0.1) is 0 Å². The molecule has 0 heterocycles. The third-order valence-electron chi connectivity index (χ3n) is 0.947. The lowest BCUT2D eigenvalue weighted by Gasteiger charge is -2.06. The molecular formula is C5H6F3IO5S2. The van der Waals surface area contributed by atoms with E-state index in [4.69, 9.17) is 4.18 Å². The van der Waals surface area contributed by atoms with Crippen molar-refractivity contribution in [2.24, 2.45) is 0 Å². The Kier molecular flexibility index (Phi) is 8.71. The predicted octanol–water partition coefficient (Wildman–Crippen LogP) is 1.74. The van der Waals surface area contributed by atoms with E-state index in [0.29, 0.717) is 0 Å². The van der Waals surface area contributed by atoms with Crippen LogP contribution in [-0.2, 0) is 29.0 Å². The zero-order valence-electron chi connectivity index (χ0n) is 7.49. The summed E-state index contributed by atoms with van der Waals surface area (Å²) in [5.74, 6) is -1.04. The van der Waals surface area contributed by atoms with E-state index in [1.807, 2.05) is 21.2 Å². The fraction of sp³-hybridized carbons (Fsp3) is 0.800. The molecule has 11 heteroatoms. The Morgan fingerprint density at radius 3 is 2.50 bits per heavy atom. The average Bonchev–Trinajstić information content (AvgIpc) is 2.19. The van der Waals surface area contributed by atoms with Crippen LogP contribution in [0.5, 0.6) is 0 Å². The van der Waals surface area contributed by atoms with Gasteiger partial charge in [-0.25, -0.2) is 9.00 Å². The van der Waals surface area contributed by atoms with E-state index in [2.05, 4.69) is 8.92 Å². The Labute approximate surface area is 108 Å². The van der Waals surface area contributed by atoms with Crippen molar-refractivity contribution < 1.29 is 35.3 Å². The van der Waals surface area contributed by atoms with Crippen LogP contribution in [0.15, 0.2) is 0 Å². The molecule has 0 aliphatic carbocycles. The molecule has 0 aromatic carbocycles. The van der Waals surface area contributed by atoms with Crippen LogP contribution in [0.25, 0.3) is 0 Å². The molecule has 0 fully saturated rings. The number of halogens is 4. The fourth-order valence-electron chi connectivity index (χ4n) is 0.431. The van der Waals surface area contributed by atoms with Crippen LogP contribution >= 0.6 is 30.4 Å². The molecule has 5 nitrogen and oxygen atoms in total. The molecular weight excluding hydrogens is 388 g/mol. The van der Waals surface area contributed by atoms with E-state index in [0.717, 1.165) is 9.21 Å². The molecule has 0 saturated heterocycles. The maximum Gasteiger partial charge on any atom is 0.497 e. The van der Waals surface area contributed by atoms with E-state index in [1.165, 1.54) is 0 Å². The van der Waals surface area contributed by atoms with Crippen molar-refractivity contribution in [2.45, 2.75) is 5.51 Å². The van der Waals surface area contributed by atoms with Gasteiger partial charge in [0.05, 0.1) is 15.8 Å². The van der Waals surface area contributed by atoms with Crippen LogP contribution in [0, 0.1) is 0 Å². The summed E-state index contributed by atoms with van der Waals surface area (Å²) in [5, 5.41) is 0. The van der Waals surface area contributed by atoms with Crippen molar-refractivity contribution in [3.63, 3.8) is 0 Å². The van der Waals surface area contributed by atoms with Crippen LogP contribution in [0.3, 0.4) is 0 Å². The van der Waals surface area contributed by atoms with E-state index in [1.54, 1.807) is 0 Å². The first kappa shape index (κ1) is 16.4. The minimum absolute atomic E-state index is 0.0989. The normalized spacial score (nSPS) is 13.5. The number of carbonyl (C=O) groups is 1. The van der Waals surface area contributed by atoms with Gasteiger partial charge in [0.25, 0.3) is 11.1 Å². The first-order valence-electron chi connectivity index (χ1n) is 3.55. The summed E-state index contributed by atoms with van der Waals surface area (Å²) in [7, 11) is 1.02. The van der Waals surface area contributed by atoms with Crippen molar-refractivity contribution in [1.29, 1.82) is 0 Å². The standard InChI is InChI=1S/C5H6F3IO5S2/c6-5(7,8)16(11)14-3-4(10)12-1-2-13-15-9/h1-3H2. The lowest BCUT2D eigenvalue weighted by molar-refractivity contribution is -0.146. The number of rotatable bonds is 7. The SMILES string of the molecule is O=C(COS(=O)C(F)(F)F)OCCOSI. The summed E-state index contributed by atoms with van der Waals surface area (Å²) in [6, 6.07) is 0. The lowest BCUT2D eigenvalue weighted by Crippen LogP contribution is -2.23. The molecule has 0 amide bonds. The highest BCUT2D eigenvalue weighted by Gasteiger charge is 2.39. The quantitative estimate of drug-likeness (QED) is 0.284. The summed E-state index contributed by atoms with van der Waals surface area (Å²) in [6.07, 6.45) is 0. The Bertz CT molecular complexity index is 249. The zero-order chi connectivity index (χ0) is 12.6. The van der Waals surface area contributed by atoms with Gasteiger partial charge in [-0.3, -0.25) is 4.18 Å². The zero-order valence-corrected chi connectivity index (χ0v) is 11.3. The third kappa shape index (κ3) is 8.55. The van der Waals surface area contributed by atoms with Crippen molar-refractivity contribution in [3.05, 3.63) is 0 Å². The maximum absolute atomic E-state index is 11.7. The Balaban J connectivity index is 3.62. The molecule has 0 aromatic rings. The topological polar surface area (TPSA) is 61.8 Å². The Morgan fingerprint density at radius 2 is 2.00 bits per heavy atom. The fourth-order valence-corrected chi connectivity index (χ4v) is 1.44. The summed E-state index contributed by atoms with van der Waals surface area (Å²) in [5.41, 5.74) is -5.00.